The van der Waals surface area contributed by atoms with Crippen LogP contribution in [0.5, 0.6) is 11.5 Å². The minimum Gasteiger partial charge on any atom is -0.493 e. The van der Waals surface area contributed by atoms with Gasteiger partial charge in [-0.15, -0.1) is 0 Å². The van der Waals surface area contributed by atoms with E-state index in [0.29, 0.717) is 33.7 Å². The third kappa shape index (κ3) is 3.84. The van der Waals surface area contributed by atoms with Crippen molar-refractivity contribution in [3.63, 3.8) is 0 Å². The van der Waals surface area contributed by atoms with Crippen LogP contribution in [-0.4, -0.2) is 25.6 Å². The van der Waals surface area contributed by atoms with Gasteiger partial charge in [-0.2, -0.15) is 0 Å². The van der Waals surface area contributed by atoms with E-state index in [4.69, 9.17) is 37.4 Å². The second-order valence-electron chi connectivity index (χ2n) is 5.31. The summed E-state index contributed by atoms with van der Waals surface area (Å²) in [5.41, 5.74) is 1.48. The molecule has 0 saturated carbocycles. The largest absolute Gasteiger partial charge is 0.493 e. The number of hydrogen-bond donors (Lipinski definition) is 0. The molecule has 0 unspecified atom stereocenters. The van der Waals surface area contributed by atoms with Gasteiger partial charge in [0.25, 0.3) is 0 Å². The van der Waals surface area contributed by atoms with Gasteiger partial charge in [-0.05, 0) is 48.9 Å². The standard InChI is InChI=1S/C19H15Cl2NO4/c1-3-25-16-7-4-11(9-17(16)24-2)8-15-19(23)26-18(22-15)12-5-6-13(20)14(21)10-12/h4-10H,3H2,1-2H3/b15-8-. The van der Waals surface area contributed by atoms with Crippen molar-refractivity contribution in [3.05, 3.63) is 63.3 Å². The van der Waals surface area contributed by atoms with E-state index in [9.17, 15) is 4.79 Å². The molecular weight excluding hydrogens is 377 g/mol. The van der Waals surface area contributed by atoms with E-state index in [-0.39, 0.29) is 11.6 Å². The lowest BCUT2D eigenvalue weighted by molar-refractivity contribution is -0.129. The van der Waals surface area contributed by atoms with Gasteiger partial charge in [-0.25, -0.2) is 9.79 Å². The van der Waals surface area contributed by atoms with Crippen LogP contribution in [0.15, 0.2) is 47.1 Å². The van der Waals surface area contributed by atoms with Crippen molar-refractivity contribution in [1.29, 1.82) is 0 Å². The number of hydrogen-bond acceptors (Lipinski definition) is 5. The van der Waals surface area contributed by atoms with Crippen LogP contribution in [0, 0.1) is 0 Å². The van der Waals surface area contributed by atoms with Gasteiger partial charge in [0.15, 0.2) is 17.2 Å². The van der Waals surface area contributed by atoms with Crippen LogP contribution < -0.4 is 9.47 Å². The summed E-state index contributed by atoms with van der Waals surface area (Å²) < 4.78 is 16.0. The Hall–Kier alpha value is -2.50. The molecule has 0 fully saturated rings. The van der Waals surface area contributed by atoms with Gasteiger partial charge in [0, 0.05) is 5.56 Å². The van der Waals surface area contributed by atoms with Crippen LogP contribution in [0.1, 0.15) is 18.1 Å². The molecule has 7 heteroatoms. The molecule has 0 bridgehead atoms. The molecule has 0 atom stereocenters. The van der Waals surface area contributed by atoms with Gasteiger partial charge < -0.3 is 14.2 Å². The Balaban J connectivity index is 1.92. The summed E-state index contributed by atoms with van der Waals surface area (Å²) in [4.78, 5) is 16.4. The highest BCUT2D eigenvalue weighted by Gasteiger charge is 2.24. The topological polar surface area (TPSA) is 57.1 Å². The molecular formula is C19H15Cl2NO4. The van der Waals surface area contributed by atoms with Crippen LogP contribution in [0.25, 0.3) is 6.08 Å². The summed E-state index contributed by atoms with van der Waals surface area (Å²) >= 11 is 11.9. The zero-order valence-corrected chi connectivity index (χ0v) is 15.6. The van der Waals surface area contributed by atoms with E-state index < -0.39 is 5.97 Å². The highest BCUT2D eigenvalue weighted by molar-refractivity contribution is 6.42. The average molecular weight is 392 g/mol. The number of cyclic esters (lactones) is 1. The highest BCUT2D eigenvalue weighted by Crippen LogP contribution is 2.30. The minimum absolute atomic E-state index is 0.178. The van der Waals surface area contributed by atoms with E-state index >= 15 is 0 Å². The molecule has 2 aromatic rings. The maximum Gasteiger partial charge on any atom is 0.363 e. The van der Waals surface area contributed by atoms with Gasteiger partial charge in [-0.1, -0.05) is 29.3 Å². The van der Waals surface area contributed by atoms with Crippen LogP contribution >= 0.6 is 23.2 Å². The van der Waals surface area contributed by atoms with Crippen molar-refractivity contribution in [2.45, 2.75) is 6.92 Å². The number of benzene rings is 2. The average Bonchev–Trinajstić information content (AvgIpc) is 2.99. The first-order valence-corrected chi connectivity index (χ1v) is 8.56. The summed E-state index contributed by atoms with van der Waals surface area (Å²) in [6, 6.07) is 10.2. The van der Waals surface area contributed by atoms with Crippen LogP contribution in [-0.2, 0) is 9.53 Å². The van der Waals surface area contributed by atoms with Crippen LogP contribution in [0.3, 0.4) is 0 Å². The van der Waals surface area contributed by atoms with E-state index in [2.05, 4.69) is 4.99 Å². The number of esters is 1. The lowest BCUT2D eigenvalue weighted by Crippen LogP contribution is -2.05. The Labute approximate surface area is 160 Å². The molecule has 26 heavy (non-hydrogen) atoms. The summed E-state index contributed by atoms with van der Waals surface area (Å²) in [7, 11) is 1.55. The predicted octanol–water partition coefficient (Wildman–Crippen LogP) is 4.75. The van der Waals surface area contributed by atoms with Crippen molar-refractivity contribution >= 4 is 41.1 Å². The predicted molar refractivity (Wildman–Crippen MR) is 101 cm³/mol. The molecule has 5 nitrogen and oxygen atoms in total. The minimum atomic E-state index is -0.543. The Morgan fingerprint density at radius 2 is 1.92 bits per heavy atom. The van der Waals surface area contributed by atoms with Gasteiger partial charge in [-0.3, -0.25) is 0 Å². The number of halogens is 2. The molecule has 0 amide bonds. The van der Waals surface area contributed by atoms with E-state index in [1.165, 1.54) is 0 Å². The molecule has 1 aliphatic heterocycles. The Morgan fingerprint density at radius 3 is 2.62 bits per heavy atom. The Morgan fingerprint density at radius 1 is 1.12 bits per heavy atom. The maximum absolute atomic E-state index is 12.1. The SMILES string of the molecule is CCOc1ccc(/C=C2\N=C(c3ccc(Cl)c(Cl)c3)OC2=O)cc1OC. The highest BCUT2D eigenvalue weighted by atomic mass is 35.5. The Kier molecular flexibility index (Phi) is 5.49. The third-order valence-electron chi connectivity index (χ3n) is 3.58. The van der Waals surface area contributed by atoms with Gasteiger partial charge >= 0.3 is 5.97 Å². The Bertz CT molecular complexity index is 922. The van der Waals surface area contributed by atoms with E-state index in [1.807, 2.05) is 6.92 Å². The fourth-order valence-electron chi connectivity index (χ4n) is 2.37. The second kappa shape index (κ2) is 7.81. The molecule has 1 heterocycles. The molecule has 0 spiro atoms. The number of carbonyl (C=O) groups excluding carboxylic acids is 1. The summed E-state index contributed by atoms with van der Waals surface area (Å²) in [5.74, 6) is 0.837. The molecule has 2 aromatic carbocycles. The lowest BCUT2D eigenvalue weighted by atomic mass is 10.1. The summed E-state index contributed by atoms with van der Waals surface area (Å²) in [6.45, 7) is 2.42. The summed E-state index contributed by atoms with van der Waals surface area (Å²) in [6.07, 6.45) is 1.62. The first kappa shape index (κ1) is 18.3. The molecule has 1 aliphatic rings. The normalized spacial score (nSPS) is 15.0. The monoisotopic (exact) mass is 391 g/mol. The van der Waals surface area contributed by atoms with E-state index in [1.54, 1.807) is 49.6 Å². The number of aliphatic imine (C=N–C) groups is 1. The molecule has 0 aliphatic carbocycles. The van der Waals surface area contributed by atoms with Crippen molar-refractivity contribution < 1.29 is 19.0 Å². The smallest absolute Gasteiger partial charge is 0.363 e. The zero-order chi connectivity index (χ0) is 18.7. The van der Waals surface area contributed by atoms with Crippen molar-refractivity contribution in [1.82, 2.24) is 0 Å². The van der Waals surface area contributed by atoms with Crippen molar-refractivity contribution in [2.75, 3.05) is 13.7 Å². The van der Waals surface area contributed by atoms with Gasteiger partial charge in [0.05, 0.1) is 23.8 Å². The molecule has 0 saturated heterocycles. The number of rotatable bonds is 5. The lowest BCUT2D eigenvalue weighted by Gasteiger charge is -2.09. The first-order chi connectivity index (χ1) is 12.5. The number of methoxy groups -OCH3 is 1. The molecule has 0 N–H and O–H groups in total. The molecule has 0 radical (unpaired) electrons. The molecule has 0 aromatic heterocycles. The van der Waals surface area contributed by atoms with E-state index in [0.717, 1.165) is 5.56 Å². The zero-order valence-electron chi connectivity index (χ0n) is 14.1. The third-order valence-corrected chi connectivity index (χ3v) is 4.32. The van der Waals surface area contributed by atoms with Crippen molar-refractivity contribution in [3.8, 4) is 11.5 Å². The van der Waals surface area contributed by atoms with Crippen molar-refractivity contribution in [2.24, 2.45) is 4.99 Å². The molecule has 3 rings (SSSR count). The summed E-state index contributed by atoms with van der Waals surface area (Å²) in [5, 5.41) is 0.772. The fraction of sp³-hybridized carbons (Fsp3) is 0.158. The fourth-order valence-corrected chi connectivity index (χ4v) is 2.67. The quantitative estimate of drug-likeness (QED) is 0.545. The number of nitrogens with zero attached hydrogens (tertiary/aromatic N) is 1. The van der Waals surface area contributed by atoms with Crippen LogP contribution in [0.2, 0.25) is 10.0 Å². The number of carbonyl (C=O) groups is 1. The van der Waals surface area contributed by atoms with Gasteiger partial charge in [0.2, 0.25) is 5.90 Å². The number of ether oxygens (including phenoxy) is 3. The maximum atomic E-state index is 12.1. The van der Waals surface area contributed by atoms with Crippen LogP contribution in [0.4, 0.5) is 0 Å². The molecule has 134 valence electrons. The van der Waals surface area contributed by atoms with Gasteiger partial charge in [0.1, 0.15) is 0 Å². The second-order valence-corrected chi connectivity index (χ2v) is 6.12. The first-order valence-electron chi connectivity index (χ1n) is 7.80.